The van der Waals surface area contributed by atoms with E-state index in [9.17, 15) is 14.4 Å². The summed E-state index contributed by atoms with van der Waals surface area (Å²) in [6.45, 7) is 7.89. The standard InChI is InChI=1S/C20H22N6O4/c1-4-14-7-5-6-8-15(14)25-16-17(22-19(25)24-11-9-21-10-12-24)26(30-13(2)27)20(29)23(3)18(16)28/h4-8,21H,1,9-12H2,2-3H3. The van der Waals surface area contributed by atoms with Crippen LogP contribution in [0.3, 0.4) is 0 Å². The number of aromatic nitrogens is 4. The van der Waals surface area contributed by atoms with E-state index < -0.39 is 17.2 Å². The molecule has 1 aliphatic rings. The number of nitrogens with one attached hydrogen (secondary N) is 1. The number of fused-ring (bicyclic) bond motifs is 1. The Hall–Kier alpha value is -3.66. The Labute approximate surface area is 171 Å². The smallest absolute Gasteiger partial charge is 0.339 e. The van der Waals surface area contributed by atoms with Crippen LogP contribution in [-0.2, 0) is 11.8 Å². The molecule has 3 heterocycles. The molecule has 1 fully saturated rings. The molecule has 30 heavy (non-hydrogen) atoms. The number of carbonyl (C=O) groups is 1. The van der Waals surface area contributed by atoms with Crippen molar-refractivity contribution >= 4 is 29.2 Å². The lowest BCUT2D eigenvalue weighted by Gasteiger charge is -2.29. The third kappa shape index (κ3) is 3.11. The van der Waals surface area contributed by atoms with Crippen LogP contribution < -0.4 is 26.3 Å². The van der Waals surface area contributed by atoms with E-state index in [0.717, 1.165) is 28.0 Å². The van der Waals surface area contributed by atoms with Gasteiger partial charge in [0.2, 0.25) is 11.6 Å². The molecule has 1 aliphatic heterocycles. The highest BCUT2D eigenvalue weighted by Crippen LogP contribution is 2.27. The van der Waals surface area contributed by atoms with Gasteiger partial charge in [-0.2, -0.15) is 4.98 Å². The van der Waals surface area contributed by atoms with Crippen molar-refractivity contribution in [3.63, 3.8) is 0 Å². The second kappa shape index (κ2) is 7.64. The van der Waals surface area contributed by atoms with E-state index in [0.29, 0.717) is 24.7 Å². The second-order valence-electron chi connectivity index (χ2n) is 6.94. The van der Waals surface area contributed by atoms with E-state index in [2.05, 4.69) is 16.9 Å². The molecule has 1 N–H and O–H groups in total. The van der Waals surface area contributed by atoms with Crippen molar-refractivity contribution in [2.24, 2.45) is 7.05 Å². The average Bonchev–Trinajstić information content (AvgIpc) is 3.16. The van der Waals surface area contributed by atoms with Crippen LogP contribution in [0.1, 0.15) is 12.5 Å². The van der Waals surface area contributed by atoms with Crippen LogP contribution in [0.5, 0.6) is 0 Å². The summed E-state index contributed by atoms with van der Waals surface area (Å²) < 4.78 is 3.39. The molecule has 0 saturated carbocycles. The van der Waals surface area contributed by atoms with Crippen LogP contribution in [0.4, 0.5) is 5.95 Å². The number of hydrogen-bond acceptors (Lipinski definition) is 7. The molecular weight excluding hydrogens is 388 g/mol. The number of anilines is 1. The van der Waals surface area contributed by atoms with Gasteiger partial charge >= 0.3 is 11.7 Å². The summed E-state index contributed by atoms with van der Waals surface area (Å²) in [6.07, 6.45) is 1.69. The molecular formula is C20H22N6O4. The van der Waals surface area contributed by atoms with Gasteiger partial charge in [-0.15, -0.1) is 0 Å². The van der Waals surface area contributed by atoms with Gasteiger partial charge in [0, 0.05) is 40.2 Å². The highest BCUT2D eigenvalue weighted by molar-refractivity contribution is 5.80. The Morgan fingerprint density at radius 3 is 2.60 bits per heavy atom. The highest BCUT2D eigenvalue weighted by Gasteiger charge is 2.27. The summed E-state index contributed by atoms with van der Waals surface area (Å²) in [5, 5.41) is 3.28. The summed E-state index contributed by atoms with van der Waals surface area (Å²) in [5.41, 5.74) is 0.295. The van der Waals surface area contributed by atoms with E-state index in [1.807, 2.05) is 29.2 Å². The minimum absolute atomic E-state index is 0.00861. The van der Waals surface area contributed by atoms with Crippen LogP contribution in [0.25, 0.3) is 22.9 Å². The number of imidazole rings is 1. The molecule has 0 unspecified atom stereocenters. The summed E-state index contributed by atoms with van der Waals surface area (Å²) in [7, 11) is 1.34. The van der Waals surface area contributed by atoms with Gasteiger partial charge in [-0.1, -0.05) is 35.6 Å². The van der Waals surface area contributed by atoms with Gasteiger partial charge in [0.15, 0.2) is 5.52 Å². The van der Waals surface area contributed by atoms with Gasteiger partial charge in [0.25, 0.3) is 5.56 Å². The number of rotatable bonds is 4. The van der Waals surface area contributed by atoms with Crippen LogP contribution in [-0.4, -0.2) is 51.0 Å². The van der Waals surface area contributed by atoms with Gasteiger partial charge in [-0.25, -0.2) is 9.59 Å². The normalized spacial score (nSPS) is 14.1. The summed E-state index contributed by atoms with van der Waals surface area (Å²) in [5.74, 6) is -0.203. The molecule has 3 aromatic rings. The minimum Gasteiger partial charge on any atom is -0.339 e. The molecule has 0 aliphatic carbocycles. The number of nitrogens with zero attached hydrogens (tertiary/aromatic N) is 5. The van der Waals surface area contributed by atoms with E-state index >= 15 is 0 Å². The largest absolute Gasteiger partial charge is 0.366 e. The molecule has 10 heteroatoms. The maximum Gasteiger partial charge on any atom is 0.366 e. The maximum atomic E-state index is 13.2. The fraction of sp³-hybridized carbons (Fsp3) is 0.300. The zero-order chi connectivity index (χ0) is 21.4. The first-order chi connectivity index (χ1) is 14.4. The van der Waals surface area contributed by atoms with Crippen LogP contribution >= 0.6 is 0 Å². The molecule has 0 radical (unpaired) electrons. The SMILES string of the molecule is C=Cc1ccccc1-n1c(N2CCNCC2)nc2c1c(=O)n(C)c(=O)n2OC(C)=O. The zero-order valence-corrected chi connectivity index (χ0v) is 16.8. The van der Waals surface area contributed by atoms with E-state index in [1.54, 1.807) is 10.6 Å². The third-order valence-corrected chi connectivity index (χ3v) is 5.02. The van der Waals surface area contributed by atoms with Gasteiger partial charge in [-0.3, -0.25) is 13.9 Å². The molecule has 10 nitrogen and oxygen atoms in total. The molecule has 0 bridgehead atoms. The lowest BCUT2D eigenvalue weighted by molar-refractivity contribution is -0.141. The lowest BCUT2D eigenvalue weighted by Crippen LogP contribution is -2.44. The van der Waals surface area contributed by atoms with Crippen LogP contribution in [0, 0.1) is 0 Å². The Bertz CT molecular complexity index is 1260. The fourth-order valence-electron chi connectivity index (χ4n) is 3.58. The van der Waals surface area contributed by atoms with Crippen molar-refractivity contribution in [2.75, 3.05) is 31.1 Å². The molecule has 1 aromatic carbocycles. The molecule has 0 spiro atoms. The van der Waals surface area contributed by atoms with Gasteiger partial charge in [0.1, 0.15) is 0 Å². The van der Waals surface area contributed by atoms with Crippen molar-refractivity contribution < 1.29 is 9.63 Å². The first-order valence-electron chi connectivity index (χ1n) is 9.55. The first-order valence-corrected chi connectivity index (χ1v) is 9.55. The predicted octanol–water partition coefficient (Wildman–Crippen LogP) is -0.0864. The third-order valence-electron chi connectivity index (χ3n) is 5.02. The number of benzene rings is 1. The van der Waals surface area contributed by atoms with E-state index in [1.165, 1.54) is 14.0 Å². The molecule has 156 valence electrons. The predicted molar refractivity (Wildman–Crippen MR) is 113 cm³/mol. The topological polar surface area (TPSA) is 103 Å². The first kappa shape index (κ1) is 19.6. The van der Waals surface area contributed by atoms with Gasteiger partial charge in [-0.05, 0) is 11.6 Å². The van der Waals surface area contributed by atoms with E-state index in [-0.39, 0.29) is 11.2 Å². The Morgan fingerprint density at radius 1 is 1.23 bits per heavy atom. The van der Waals surface area contributed by atoms with E-state index in [4.69, 9.17) is 4.84 Å². The fourth-order valence-corrected chi connectivity index (χ4v) is 3.58. The quantitative estimate of drug-likeness (QED) is 0.641. The highest BCUT2D eigenvalue weighted by atomic mass is 16.7. The minimum atomic E-state index is -0.781. The Kier molecular flexibility index (Phi) is 5.00. The van der Waals surface area contributed by atoms with Crippen molar-refractivity contribution in [1.29, 1.82) is 0 Å². The average molecular weight is 410 g/mol. The number of piperazine rings is 1. The summed E-state index contributed by atoms with van der Waals surface area (Å²) in [6, 6.07) is 7.45. The number of carbonyl (C=O) groups excluding carboxylic acids is 1. The summed E-state index contributed by atoms with van der Waals surface area (Å²) in [4.78, 5) is 49.2. The molecule has 2 aromatic heterocycles. The Morgan fingerprint density at radius 2 is 1.93 bits per heavy atom. The molecule has 1 saturated heterocycles. The molecule has 0 amide bonds. The van der Waals surface area contributed by atoms with Crippen molar-refractivity contribution in [2.45, 2.75) is 6.92 Å². The van der Waals surface area contributed by atoms with Gasteiger partial charge < -0.3 is 15.1 Å². The maximum absolute atomic E-state index is 13.2. The summed E-state index contributed by atoms with van der Waals surface area (Å²) >= 11 is 0. The van der Waals surface area contributed by atoms with Gasteiger partial charge in [0.05, 0.1) is 5.69 Å². The molecule has 4 rings (SSSR count). The van der Waals surface area contributed by atoms with Crippen molar-refractivity contribution in [3.8, 4) is 5.69 Å². The van der Waals surface area contributed by atoms with Crippen LogP contribution in [0.15, 0.2) is 40.4 Å². The Balaban J connectivity index is 2.15. The second-order valence-corrected chi connectivity index (χ2v) is 6.94. The lowest BCUT2D eigenvalue weighted by atomic mass is 10.1. The number of para-hydroxylation sites is 1. The number of hydrogen-bond donors (Lipinski definition) is 1. The molecule has 0 atom stereocenters. The van der Waals surface area contributed by atoms with Crippen molar-refractivity contribution in [1.82, 2.24) is 24.2 Å². The van der Waals surface area contributed by atoms with Crippen molar-refractivity contribution in [3.05, 3.63) is 57.2 Å². The zero-order valence-electron chi connectivity index (χ0n) is 16.8. The monoisotopic (exact) mass is 410 g/mol. The van der Waals surface area contributed by atoms with Crippen LogP contribution in [0.2, 0.25) is 0 Å².